The summed E-state index contributed by atoms with van der Waals surface area (Å²) in [5.41, 5.74) is 0.787. The van der Waals surface area contributed by atoms with E-state index in [9.17, 15) is 4.39 Å². The maximum Gasteiger partial charge on any atom is 0.488 e. The average molecular weight is 305 g/mol. The molecule has 1 aromatic carbocycles. The number of benzene rings is 1. The van der Waals surface area contributed by atoms with Crippen LogP contribution in [0.1, 0.15) is 23.3 Å². The second-order valence-corrected chi connectivity index (χ2v) is 6.47. The predicted molar refractivity (Wildman–Crippen MR) is 82.8 cm³/mol. The summed E-state index contributed by atoms with van der Waals surface area (Å²) >= 11 is 1.72. The second-order valence-electron chi connectivity index (χ2n) is 5.44. The van der Waals surface area contributed by atoms with Crippen LogP contribution in [0.25, 0.3) is 0 Å². The van der Waals surface area contributed by atoms with E-state index < -0.39 is 7.12 Å². The molecule has 1 aliphatic carbocycles. The monoisotopic (exact) mass is 305 g/mol. The highest BCUT2D eigenvalue weighted by atomic mass is 32.1. The van der Waals surface area contributed by atoms with Crippen molar-refractivity contribution < 1.29 is 14.4 Å². The largest absolute Gasteiger partial charge is 0.488 e. The molecule has 0 saturated heterocycles. The summed E-state index contributed by atoms with van der Waals surface area (Å²) in [6.07, 6.45) is 2.33. The Bertz CT molecular complexity index is 602. The van der Waals surface area contributed by atoms with Gasteiger partial charge in [0, 0.05) is 29.6 Å². The van der Waals surface area contributed by atoms with Crippen molar-refractivity contribution in [3.63, 3.8) is 0 Å². The van der Waals surface area contributed by atoms with Crippen molar-refractivity contribution in [1.82, 2.24) is 4.90 Å². The molecule has 0 spiro atoms. The maximum atomic E-state index is 14.1. The molecule has 0 amide bonds. The zero-order valence-electron chi connectivity index (χ0n) is 11.6. The van der Waals surface area contributed by atoms with Gasteiger partial charge in [0.15, 0.2) is 0 Å². The molecule has 3 nitrogen and oxygen atoms in total. The first-order chi connectivity index (χ1) is 10.1. The summed E-state index contributed by atoms with van der Waals surface area (Å²) in [6.45, 7) is 1.39. The molecule has 1 heterocycles. The molecule has 2 aromatic rings. The second kappa shape index (κ2) is 6.28. The summed E-state index contributed by atoms with van der Waals surface area (Å²) in [5, 5.41) is 20.2. The standard InChI is InChI=1S/C15H17BFNO2S/c17-15-8-12(16(19)20)4-3-11(15)9-18(13-5-6-13)10-14-2-1-7-21-14/h1-4,7-8,13,19-20H,5-6,9-10H2. The molecule has 0 unspecified atom stereocenters. The summed E-state index contributed by atoms with van der Waals surface area (Å²) < 4.78 is 14.1. The van der Waals surface area contributed by atoms with Gasteiger partial charge in [-0.1, -0.05) is 18.2 Å². The minimum absolute atomic E-state index is 0.187. The number of hydrogen-bond acceptors (Lipinski definition) is 4. The molecule has 1 fully saturated rings. The van der Waals surface area contributed by atoms with Crippen LogP contribution in [0.2, 0.25) is 0 Å². The first-order valence-electron chi connectivity index (χ1n) is 7.04. The lowest BCUT2D eigenvalue weighted by Gasteiger charge is -2.21. The van der Waals surface area contributed by atoms with Crippen molar-refractivity contribution in [3.05, 3.63) is 52.0 Å². The Morgan fingerprint density at radius 1 is 1.24 bits per heavy atom. The highest BCUT2D eigenvalue weighted by molar-refractivity contribution is 7.09. The van der Waals surface area contributed by atoms with Gasteiger partial charge < -0.3 is 10.0 Å². The summed E-state index contributed by atoms with van der Waals surface area (Å²) in [6, 6.07) is 9.09. The van der Waals surface area contributed by atoms with Crippen molar-refractivity contribution >= 4 is 23.9 Å². The zero-order chi connectivity index (χ0) is 14.8. The quantitative estimate of drug-likeness (QED) is 0.799. The van der Waals surface area contributed by atoms with Crippen LogP contribution in [0, 0.1) is 5.82 Å². The molecule has 3 rings (SSSR count). The molecule has 1 aromatic heterocycles. The van der Waals surface area contributed by atoms with Crippen LogP contribution >= 0.6 is 11.3 Å². The molecule has 2 N–H and O–H groups in total. The van der Waals surface area contributed by atoms with Gasteiger partial charge in [0.25, 0.3) is 0 Å². The number of rotatable bonds is 6. The Morgan fingerprint density at radius 3 is 2.62 bits per heavy atom. The van der Waals surface area contributed by atoms with Crippen LogP contribution in [-0.2, 0) is 13.1 Å². The highest BCUT2D eigenvalue weighted by Gasteiger charge is 2.29. The number of nitrogens with zero attached hydrogens (tertiary/aromatic N) is 1. The molecule has 1 saturated carbocycles. The van der Waals surface area contributed by atoms with E-state index in [0.29, 0.717) is 18.2 Å². The van der Waals surface area contributed by atoms with E-state index >= 15 is 0 Å². The van der Waals surface area contributed by atoms with Crippen molar-refractivity contribution in [1.29, 1.82) is 0 Å². The van der Waals surface area contributed by atoms with E-state index in [2.05, 4.69) is 16.3 Å². The van der Waals surface area contributed by atoms with Gasteiger partial charge in [-0.25, -0.2) is 4.39 Å². The fraction of sp³-hybridized carbons (Fsp3) is 0.333. The minimum atomic E-state index is -1.63. The predicted octanol–water partition coefficient (Wildman–Crippen LogP) is 1.73. The average Bonchev–Trinajstić information content (AvgIpc) is 3.18. The third-order valence-corrected chi connectivity index (χ3v) is 4.61. The van der Waals surface area contributed by atoms with Crippen LogP contribution in [0.4, 0.5) is 4.39 Å². The third-order valence-electron chi connectivity index (χ3n) is 3.75. The smallest absolute Gasteiger partial charge is 0.423 e. The summed E-state index contributed by atoms with van der Waals surface area (Å²) in [7, 11) is -1.63. The summed E-state index contributed by atoms with van der Waals surface area (Å²) in [5.74, 6) is -0.377. The van der Waals surface area contributed by atoms with E-state index in [4.69, 9.17) is 10.0 Å². The Hall–Kier alpha value is -1.21. The Kier molecular flexibility index (Phi) is 4.40. The Labute approximate surface area is 127 Å². The normalized spacial score (nSPS) is 14.7. The first-order valence-corrected chi connectivity index (χ1v) is 7.92. The van der Waals surface area contributed by atoms with Crippen LogP contribution in [0.3, 0.4) is 0 Å². The van der Waals surface area contributed by atoms with E-state index in [1.54, 1.807) is 23.5 Å². The molecule has 0 atom stereocenters. The van der Waals surface area contributed by atoms with E-state index in [0.717, 1.165) is 6.54 Å². The van der Waals surface area contributed by atoms with E-state index in [1.807, 2.05) is 6.07 Å². The van der Waals surface area contributed by atoms with Gasteiger partial charge in [-0.15, -0.1) is 11.3 Å². The van der Waals surface area contributed by atoms with Gasteiger partial charge >= 0.3 is 7.12 Å². The molecule has 21 heavy (non-hydrogen) atoms. The van der Waals surface area contributed by atoms with E-state index in [1.165, 1.54) is 23.8 Å². The Morgan fingerprint density at radius 2 is 2.05 bits per heavy atom. The topological polar surface area (TPSA) is 43.7 Å². The fourth-order valence-corrected chi connectivity index (χ4v) is 3.16. The number of hydrogen-bond donors (Lipinski definition) is 2. The first kappa shape index (κ1) is 14.7. The molecular weight excluding hydrogens is 288 g/mol. The zero-order valence-corrected chi connectivity index (χ0v) is 12.4. The third kappa shape index (κ3) is 3.71. The van der Waals surface area contributed by atoms with Gasteiger partial charge in [-0.2, -0.15) is 0 Å². The Balaban J connectivity index is 1.73. The SMILES string of the molecule is OB(O)c1ccc(CN(Cc2cccs2)C2CC2)c(F)c1. The van der Waals surface area contributed by atoms with Gasteiger partial charge in [0.05, 0.1) is 0 Å². The molecular formula is C15H17BFNO2S. The van der Waals surface area contributed by atoms with Crippen LogP contribution in [0.15, 0.2) is 35.7 Å². The van der Waals surface area contributed by atoms with Crippen LogP contribution in [-0.4, -0.2) is 28.1 Å². The minimum Gasteiger partial charge on any atom is -0.423 e. The van der Waals surface area contributed by atoms with Gasteiger partial charge in [0.1, 0.15) is 5.82 Å². The van der Waals surface area contributed by atoms with E-state index in [-0.39, 0.29) is 11.3 Å². The molecule has 0 bridgehead atoms. The van der Waals surface area contributed by atoms with Crippen molar-refractivity contribution in [2.24, 2.45) is 0 Å². The number of halogens is 1. The van der Waals surface area contributed by atoms with Crippen molar-refractivity contribution in [2.75, 3.05) is 0 Å². The van der Waals surface area contributed by atoms with Crippen molar-refractivity contribution in [3.8, 4) is 0 Å². The lowest BCUT2D eigenvalue weighted by atomic mass is 9.80. The van der Waals surface area contributed by atoms with Gasteiger partial charge in [-0.05, 0) is 35.8 Å². The van der Waals surface area contributed by atoms with Gasteiger partial charge in [-0.3, -0.25) is 4.90 Å². The fourth-order valence-electron chi connectivity index (χ4n) is 2.43. The molecule has 0 radical (unpaired) electrons. The highest BCUT2D eigenvalue weighted by Crippen LogP contribution is 2.30. The molecule has 1 aliphatic rings. The lowest BCUT2D eigenvalue weighted by Crippen LogP contribution is -2.31. The molecule has 110 valence electrons. The molecule has 6 heteroatoms. The van der Waals surface area contributed by atoms with Crippen molar-refractivity contribution in [2.45, 2.75) is 32.0 Å². The summed E-state index contributed by atoms with van der Waals surface area (Å²) in [4.78, 5) is 3.57. The number of thiophene rings is 1. The molecule has 0 aliphatic heterocycles. The maximum absolute atomic E-state index is 14.1. The van der Waals surface area contributed by atoms with Crippen LogP contribution < -0.4 is 5.46 Å². The van der Waals surface area contributed by atoms with Gasteiger partial charge in [0.2, 0.25) is 0 Å². The lowest BCUT2D eigenvalue weighted by molar-refractivity contribution is 0.244. The van der Waals surface area contributed by atoms with Crippen LogP contribution in [0.5, 0.6) is 0 Å².